The van der Waals surface area contributed by atoms with E-state index in [-0.39, 0.29) is 17.1 Å². The number of hydrogen-bond acceptors (Lipinski definition) is 4. The van der Waals surface area contributed by atoms with Crippen LogP contribution in [-0.2, 0) is 5.41 Å². The first-order valence-electron chi connectivity index (χ1n) is 11.5. The quantitative estimate of drug-likeness (QED) is 0.537. The molecule has 0 radical (unpaired) electrons. The van der Waals surface area contributed by atoms with Crippen molar-refractivity contribution in [3.05, 3.63) is 83.6 Å². The number of pyridine rings is 1. The Morgan fingerprint density at radius 3 is 2.03 bits per heavy atom. The lowest BCUT2D eigenvalue weighted by Crippen LogP contribution is -2.48. The van der Waals surface area contributed by atoms with E-state index in [9.17, 15) is 9.59 Å². The number of ketones is 1. The van der Waals surface area contributed by atoms with Crippen LogP contribution in [0.25, 0.3) is 0 Å². The zero-order valence-corrected chi connectivity index (χ0v) is 17.9. The second-order valence-electron chi connectivity index (χ2n) is 9.96. The predicted octanol–water partition coefficient (Wildman–Crippen LogP) is 5.63. The molecule has 0 atom stereocenters. The van der Waals surface area contributed by atoms with E-state index in [2.05, 4.69) is 10.3 Å². The van der Waals surface area contributed by atoms with Gasteiger partial charge in [0, 0.05) is 34.6 Å². The monoisotopic (exact) mass is 426 g/mol. The number of amides is 1. The first-order chi connectivity index (χ1) is 15.6. The molecule has 5 heteroatoms. The first kappa shape index (κ1) is 19.5. The molecule has 0 spiro atoms. The van der Waals surface area contributed by atoms with Gasteiger partial charge in [0.05, 0.1) is 0 Å². The third-order valence-corrected chi connectivity index (χ3v) is 7.74. The fourth-order valence-electron chi connectivity index (χ4n) is 6.72. The molecule has 1 aromatic carbocycles. The smallest absolute Gasteiger partial charge is 0.291 e. The van der Waals surface area contributed by atoms with Crippen molar-refractivity contribution in [3.63, 3.8) is 0 Å². The summed E-state index contributed by atoms with van der Waals surface area (Å²) in [4.78, 5) is 29.3. The molecular weight excluding hydrogens is 400 g/mol. The van der Waals surface area contributed by atoms with Gasteiger partial charge in [-0.15, -0.1) is 0 Å². The number of hydrogen-bond donors (Lipinski definition) is 1. The van der Waals surface area contributed by atoms with Crippen molar-refractivity contribution in [2.24, 2.45) is 17.8 Å². The normalized spacial score (nSPS) is 27.9. The van der Waals surface area contributed by atoms with Crippen LogP contribution in [0.5, 0.6) is 0 Å². The van der Waals surface area contributed by atoms with E-state index in [1.165, 1.54) is 38.5 Å². The Kier molecular flexibility index (Phi) is 4.53. The average Bonchev–Trinajstić information content (AvgIpc) is 3.30. The van der Waals surface area contributed by atoms with E-state index in [1.807, 2.05) is 12.1 Å². The van der Waals surface area contributed by atoms with Crippen LogP contribution in [0.15, 0.2) is 65.3 Å². The minimum atomic E-state index is -0.255. The van der Waals surface area contributed by atoms with Gasteiger partial charge in [0.25, 0.3) is 5.91 Å². The molecule has 0 aliphatic heterocycles. The van der Waals surface area contributed by atoms with Gasteiger partial charge in [-0.3, -0.25) is 14.6 Å². The van der Waals surface area contributed by atoms with Crippen molar-refractivity contribution in [2.75, 3.05) is 5.32 Å². The second-order valence-corrected chi connectivity index (χ2v) is 9.96. The van der Waals surface area contributed by atoms with E-state index in [4.69, 9.17) is 4.42 Å². The zero-order valence-electron chi connectivity index (χ0n) is 17.9. The molecule has 7 rings (SSSR count). The van der Waals surface area contributed by atoms with Gasteiger partial charge in [-0.05, 0) is 105 Å². The summed E-state index contributed by atoms with van der Waals surface area (Å²) in [5.41, 5.74) is 1.93. The van der Waals surface area contributed by atoms with Crippen molar-refractivity contribution in [3.8, 4) is 0 Å². The SMILES string of the molecule is O=C(c1ccncc1)c1ccc(NC(=O)c2ccc(C34CC5CC(CC(C5)C3)C4)o2)cc1. The van der Waals surface area contributed by atoms with Gasteiger partial charge in [-0.2, -0.15) is 0 Å². The van der Waals surface area contributed by atoms with Gasteiger partial charge in [0.1, 0.15) is 5.76 Å². The van der Waals surface area contributed by atoms with Gasteiger partial charge in [-0.1, -0.05) is 0 Å². The topological polar surface area (TPSA) is 72.2 Å². The van der Waals surface area contributed by atoms with Crippen molar-refractivity contribution in [1.82, 2.24) is 4.98 Å². The molecule has 0 saturated heterocycles. The summed E-state index contributed by atoms with van der Waals surface area (Å²) >= 11 is 0. The lowest BCUT2D eigenvalue weighted by molar-refractivity contribution is -0.0154. The van der Waals surface area contributed by atoms with Crippen LogP contribution < -0.4 is 5.32 Å². The largest absolute Gasteiger partial charge is 0.455 e. The van der Waals surface area contributed by atoms with E-state index in [1.54, 1.807) is 48.8 Å². The van der Waals surface area contributed by atoms with Crippen LogP contribution >= 0.6 is 0 Å². The van der Waals surface area contributed by atoms with Gasteiger partial charge in [0.2, 0.25) is 0 Å². The highest BCUT2D eigenvalue weighted by atomic mass is 16.4. The zero-order chi connectivity index (χ0) is 21.7. The lowest BCUT2D eigenvalue weighted by atomic mass is 9.49. The first-order valence-corrected chi connectivity index (χ1v) is 11.5. The van der Waals surface area contributed by atoms with E-state index >= 15 is 0 Å². The number of carbonyl (C=O) groups excluding carboxylic acids is 2. The summed E-state index contributed by atoms with van der Waals surface area (Å²) in [6.45, 7) is 0. The lowest BCUT2D eigenvalue weighted by Gasteiger charge is -2.55. The third kappa shape index (κ3) is 3.36. The second kappa shape index (κ2) is 7.44. The molecular formula is C27H26N2O3. The number of nitrogens with one attached hydrogen (secondary N) is 1. The highest BCUT2D eigenvalue weighted by Crippen LogP contribution is 2.60. The summed E-state index contributed by atoms with van der Waals surface area (Å²) in [7, 11) is 0. The molecule has 1 amide bonds. The molecule has 4 aliphatic rings. The van der Waals surface area contributed by atoms with Crippen molar-refractivity contribution in [2.45, 2.75) is 43.9 Å². The molecule has 4 saturated carbocycles. The predicted molar refractivity (Wildman–Crippen MR) is 121 cm³/mol. The summed E-state index contributed by atoms with van der Waals surface area (Å²) in [6, 6.07) is 14.2. The number of aromatic nitrogens is 1. The summed E-state index contributed by atoms with van der Waals surface area (Å²) in [5.74, 6) is 3.52. The number of nitrogens with zero attached hydrogens (tertiary/aromatic N) is 1. The van der Waals surface area contributed by atoms with Crippen LogP contribution in [-0.4, -0.2) is 16.7 Å². The van der Waals surface area contributed by atoms with Crippen LogP contribution in [0, 0.1) is 17.8 Å². The number of carbonyl (C=O) groups is 2. The molecule has 5 nitrogen and oxygen atoms in total. The highest BCUT2D eigenvalue weighted by molar-refractivity contribution is 6.09. The fourth-order valence-corrected chi connectivity index (χ4v) is 6.72. The molecule has 1 N–H and O–H groups in total. The minimum Gasteiger partial charge on any atom is -0.455 e. The molecule has 2 aromatic heterocycles. The molecule has 162 valence electrons. The Bertz CT molecular complexity index is 1130. The number of furan rings is 1. The molecule has 4 bridgehead atoms. The Morgan fingerprint density at radius 1 is 0.812 bits per heavy atom. The van der Waals surface area contributed by atoms with Gasteiger partial charge in [-0.25, -0.2) is 0 Å². The average molecular weight is 427 g/mol. The molecule has 4 fully saturated rings. The van der Waals surface area contributed by atoms with Crippen molar-refractivity contribution in [1.29, 1.82) is 0 Å². The Balaban J connectivity index is 1.15. The highest BCUT2D eigenvalue weighted by Gasteiger charge is 2.53. The number of rotatable bonds is 5. The molecule has 4 aliphatic carbocycles. The molecule has 0 unspecified atom stereocenters. The Hall–Kier alpha value is -3.21. The van der Waals surface area contributed by atoms with E-state index in [0.717, 1.165) is 23.5 Å². The third-order valence-electron chi connectivity index (χ3n) is 7.74. The molecule has 2 heterocycles. The Morgan fingerprint density at radius 2 is 1.41 bits per heavy atom. The standard InChI is InChI=1S/C27H26N2O3/c30-25(21-7-9-28-10-8-21)20-1-3-22(4-2-20)29-26(31)23-5-6-24(32-23)27-14-17-11-18(15-27)13-19(12-17)16-27/h1-10,17-19H,11-16H2,(H,29,31). The van der Waals surface area contributed by atoms with Crippen LogP contribution in [0.4, 0.5) is 5.69 Å². The van der Waals surface area contributed by atoms with Gasteiger partial charge in [0.15, 0.2) is 11.5 Å². The van der Waals surface area contributed by atoms with Crippen LogP contribution in [0.2, 0.25) is 0 Å². The minimum absolute atomic E-state index is 0.0727. The summed E-state index contributed by atoms with van der Waals surface area (Å²) in [6.07, 6.45) is 11.0. The van der Waals surface area contributed by atoms with Crippen molar-refractivity contribution < 1.29 is 14.0 Å². The van der Waals surface area contributed by atoms with Crippen molar-refractivity contribution >= 4 is 17.4 Å². The molecule has 32 heavy (non-hydrogen) atoms. The maximum Gasteiger partial charge on any atom is 0.291 e. The van der Waals surface area contributed by atoms with E-state index < -0.39 is 0 Å². The number of anilines is 1. The van der Waals surface area contributed by atoms with E-state index in [0.29, 0.717) is 22.6 Å². The number of benzene rings is 1. The summed E-state index contributed by atoms with van der Waals surface area (Å²) < 4.78 is 6.15. The van der Waals surface area contributed by atoms with Crippen LogP contribution in [0.1, 0.15) is 70.8 Å². The van der Waals surface area contributed by atoms with Crippen LogP contribution in [0.3, 0.4) is 0 Å². The van der Waals surface area contributed by atoms with Gasteiger partial charge >= 0.3 is 0 Å². The van der Waals surface area contributed by atoms with Gasteiger partial charge < -0.3 is 9.73 Å². The Labute approximate surface area is 187 Å². The fraction of sp³-hybridized carbons (Fsp3) is 0.370. The maximum absolute atomic E-state index is 12.8. The maximum atomic E-state index is 12.8. The molecule has 3 aromatic rings. The summed E-state index contributed by atoms with van der Waals surface area (Å²) in [5, 5.41) is 2.90.